The van der Waals surface area contributed by atoms with Crippen LogP contribution in [-0.2, 0) is 17.6 Å². The van der Waals surface area contributed by atoms with Crippen molar-refractivity contribution in [3.05, 3.63) is 113 Å². The van der Waals surface area contributed by atoms with Crippen molar-refractivity contribution < 1.29 is 14.4 Å². The van der Waals surface area contributed by atoms with Crippen LogP contribution in [-0.4, -0.2) is 34.2 Å². The number of nitrogens with zero attached hydrogens (tertiary/aromatic N) is 3. The van der Waals surface area contributed by atoms with Crippen LogP contribution < -0.4 is 15.5 Å². The number of hydrogen-bond acceptors (Lipinski definition) is 5. The van der Waals surface area contributed by atoms with Gasteiger partial charge in [-0.3, -0.25) is 14.4 Å². The minimum atomic E-state index is -0.577. The molecule has 1 aliphatic heterocycles. The first kappa shape index (κ1) is 24.1. The highest BCUT2D eigenvalue weighted by Gasteiger charge is 2.24. The molecule has 0 saturated heterocycles. The summed E-state index contributed by atoms with van der Waals surface area (Å²) >= 11 is 5.88. The predicted molar refractivity (Wildman–Crippen MR) is 142 cm³/mol. The SMILES string of the molecule is O=C(Nc1ccc(Cl)cc1)c1nccnc1C(=O)Nc1ccc(CC(=O)N2CCc3ccccc32)cc1. The molecule has 3 aromatic carbocycles. The highest BCUT2D eigenvalue weighted by Crippen LogP contribution is 2.28. The Morgan fingerprint density at radius 2 is 1.35 bits per heavy atom. The molecular formula is C28H22ClN5O3. The first-order chi connectivity index (χ1) is 18.0. The van der Waals surface area contributed by atoms with Gasteiger partial charge < -0.3 is 15.5 Å². The number of para-hydroxylation sites is 1. The maximum absolute atomic E-state index is 12.9. The Bertz CT molecular complexity index is 1470. The van der Waals surface area contributed by atoms with Gasteiger partial charge in [-0.2, -0.15) is 0 Å². The molecule has 0 spiro atoms. The van der Waals surface area contributed by atoms with Gasteiger partial charge in [0.25, 0.3) is 11.8 Å². The summed E-state index contributed by atoms with van der Waals surface area (Å²) < 4.78 is 0. The first-order valence-electron chi connectivity index (χ1n) is 11.6. The molecule has 8 nitrogen and oxygen atoms in total. The van der Waals surface area contributed by atoms with E-state index in [1.165, 1.54) is 18.0 Å². The van der Waals surface area contributed by atoms with Crippen molar-refractivity contribution in [1.82, 2.24) is 9.97 Å². The van der Waals surface area contributed by atoms with Crippen LogP contribution in [0.25, 0.3) is 0 Å². The third-order valence-corrected chi connectivity index (χ3v) is 6.24. The lowest BCUT2D eigenvalue weighted by Crippen LogP contribution is -2.30. The lowest BCUT2D eigenvalue weighted by molar-refractivity contribution is -0.117. The number of fused-ring (bicyclic) bond motifs is 1. The second kappa shape index (κ2) is 10.6. The Labute approximate surface area is 218 Å². The molecule has 2 heterocycles. The number of amides is 3. The van der Waals surface area contributed by atoms with E-state index in [0.29, 0.717) is 22.9 Å². The maximum atomic E-state index is 12.9. The van der Waals surface area contributed by atoms with Crippen LogP contribution in [0.4, 0.5) is 17.1 Å². The number of hydrogen-bond donors (Lipinski definition) is 2. The first-order valence-corrected chi connectivity index (χ1v) is 12.0. The standard InChI is InChI=1S/C28H22ClN5O3/c29-20-7-11-22(12-8-20)33-28(37)26-25(30-14-15-31-26)27(36)32-21-9-5-18(6-10-21)17-24(35)34-16-13-19-3-1-2-4-23(19)34/h1-12,14-15H,13,16-17H2,(H,32,36)(H,33,37). The highest BCUT2D eigenvalue weighted by atomic mass is 35.5. The van der Waals surface area contributed by atoms with Crippen LogP contribution in [0.2, 0.25) is 5.02 Å². The molecule has 37 heavy (non-hydrogen) atoms. The molecule has 0 radical (unpaired) electrons. The molecule has 0 bridgehead atoms. The molecule has 0 fully saturated rings. The van der Waals surface area contributed by atoms with E-state index in [4.69, 9.17) is 11.6 Å². The molecular weight excluding hydrogens is 490 g/mol. The molecule has 1 aromatic heterocycles. The van der Waals surface area contributed by atoms with Gasteiger partial charge in [-0.25, -0.2) is 9.97 Å². The number of halogens is 1. The van der Waals surface area contributed by atoms with Crippen molar-refractivity contribution in [2.45, 2.75) is 12.8 Å². The summed E-state index contributed by atoms with van der Waals surface area (Å²) in [6.45, 7) is 0.679. The molecule has 2 N–H and O–H groups in total. The Morgan fingerprint density at radius 1 is 0.784 bits per heavy atom. The van der Waals surface area contributed by atoms with Crippen molar-refractivity contribution in [2.75, 3.05) is 22.1 Å². The molecule has 0 unspecified atom stereocenters. The molecule has 0 atom stereocenters. The number of aromatic nitrogens is 2. The minimum Gasteiger partial charge on any atom is -0.321 e. The summed E-state index contributed by atoms with van der Waals surface area (Å²) in [5, 5.41) is 5.96. The average Bonchev–Trinajstić information content (AvgIpc) is 3.35. The fourth-order valence-electron chi connectivity index (χ4n) is 4.16. The second-order valence-electron chi connectivity index (χ2n) is 8.47. The maximum Gasteiger partial charge on any atom is 0.276 e. The largest absolute Gasteiger partial charge is 0.321 e. The Hall–Kier alpha value is -4.56. The van der Waals surface area contributed by atoms with Crippen molar-refractivity contribution >= 4 is 46.4 Å². The van der Waals surface area contributed by atoms with Crippen LogP contribution in [0.5, 0.6) is 0 Å². The molecule has 184 valence electrons. The van der Waals surface area contributed by atoms with Crippen molar-refractivity contribution in [3.8, 4) is 0 Å². The number of carbonyl (C=O) groups is 3. The average molecular weight is 512 g/mol. The van der Waals surface area contributed by atoms with Crippen LogP contribution in [0.3, 0.4) is 0 Å². The number of benzene rings is 3. The van der Waals surface area contributed by atoms with Gasteiger partial charge in [0.1, 0.15) is 0 Å². The van der Waals surface area contributed by atoms with Crippen molar-refractivity contribution in [2.24, 2.45) is 0 Å². The lowest BCUT2D eigenvalue weighted by Gasteiger charge is -2.17. The normalized spacial score (nSPS) is 12.1. The molecule has 0 saturated carbocycles. The predicted octanol–water partition coefficient (Wildman–Crippen LogP) is 4.77. The monoisotopic (exact) mass is 511 g/mol. The third-order valence-electron chi connectivity index (χ3n) is 5.99. The van der Waals surface area contributed by atoms with Gasteiger partial charge >= 0.3 is 0 Å². The zero-order chi connectivity index (χ0) is 25.8. The molecule has 9 heteroatoms. The molecule has 0 aliphatic carbocycles. The van der Waals surface area contributed by atoms with Gasteiger partial charge in [-0.1, -0.05) is 41.9 Å². The number of rotatable bonds is 6. The van der Waals surface area contributed by atoms with E-state index in [2.05, 4.69) is 20.6 Å². The highest BCUT2D eigenvalue weighted by molar-refractivity contribution is 6.30. The third kappa shape index (κ3) is 5.49. The van der Waals surface area contributed by atoms with Gasteiger partial charge in [0.15, 0.2) is 11.4 Å². The fraction of sp³-hybridized carbons (Fsp3) is 0.107. The van der Waals surface area contributed by atoms with Crippen LogP contribution in [0.15, 0.2) is 85.2 Å². The van der Waals surface area contributed by atoms with Gasteiger partial charge in [-0.05, 0) is 60.0 Å². The summed E-state index contributed by atoms with van der Waals surface area (Å²) in [6.07, 6.45) is 3.80. The number of nitrogens with one attached hydrogen (secondary N) is 2. The summed E-state index contributed by atoms with van der Waals surface area (Å²) in [4.78, 5) is 48.5. The molecule has 4 aromatic rings. The van der Waals surface area contributed by atoms with E-state index < -0.39 is 11.8 Å². The quantitative estimate of drug-likeness (QED) is 0.388. The van der Waals surface area contributed by atoms with E-state index in [9.17, 15) is 14.4 Å². The van der Waals surface area contributed by atoms with Crippen molar-refractivity contribution in [1.29, 1.82) is 0 Å². The molecule has 3 amide bonds. The van der Waals surface area contributed by atoms with Gasteiger partial charge in [0.05, 0.1) is 6.42 Å². The van der Waals surface area contributed by atoms with Gasteiger partial charge in [0, 0.05) is 41.0 Å². The molecule has 1 aliphatic rings. The zero-order valence-electron chi connectivity index (χ0n) is 19.6. The lowest BCUT2D eigenvalue weighted by atomic mass is 10.1. The van der Waals surface area contributed by atoms with Crippen molar-refractivity contribution in [3.63, 3.8) is 0 Å². The summed E-state index contributed by atoms with van der Waals surface area (Å²) in [5.74, 6) is -1.12. The summed E-state index contributed by atoms with van der Waals surface area (Å²) in [7, 11) is 0. The van der Waals surface area contributed by atoms with E-state index in [0.717, 1.165) is 17.7 Å². The van der Waals surface area contributed by atoms with Gasteiger partial charge in [-0.15, -0.1) is 0 Å². The van der Waals surface area contributed by atoms with Crippen LogP contribution in [0.1, 0.15) is 32.1 Å². The Morgan fingerprint density at radius 3 is 1.97 bits per heavy atom. The second-order valence-corrected chi connectivity index (χ2v) is 8.90. The fourth-order valence-corrected chi connectivity index (χ4v) is 4.28. The molecule has 5 rings (SSSR count). The van der Waals surface area contributed by atoms with Gasteiger partial charge in [0.2, 0.25) is 5.91 Å². The van der Waals surface area contributed by atoms with E-state index >= 15 is 0 Å². The smallest absolute Gasteiger partial charge is 0.276 e. The van der Waals surface area contributed by atoms with Crippen LogP contribution in [0, 0.1) is 0 Å². The topological polar surface area (TPSA) is 104 Å². The Balaban J connectivity index is 1.23. The minimum absolute atomic E-state index is 0.0256. The number of carbonyl (C=O) groups excluding carboxylic acids is 3. The number of anilines is 3. The van der Waals surface area contributed by atoms with E-state index in [-0.39, 0.29) is 23.7 Å². The summed E-state index contributed by atoms with van der Waals surface area (Å²) in [6, 6.07) is 21.5. The van der Waals surface area contributed by atoms with E-state index in [1.807, 2.05) is 29.2 Å². The van der Waals surface area contributed by atoms with E-state index in [1.54, 1.807) is 48.5 Å². The zero-order valence-corrected chi connectivity index (χ0v) is 20.4. The van der Waals surface area contributed by atoms with Crippen LogP contribution >= 0.6 is 11.6 Å². The summed E-state index contributed by atoms with van der Waals surface area (Å²) in [5.41, 5.74) is 3.77. The Kier molecular flexibility index (Phi) is 6.91.